The van der Waals surface area contributed by atoms with Crippen LogP contribution in [0.1, 0.15) is 18.1 Å². The molecule has 1 amide bonds. The van der Waals surface area contributed by atoms with Crippen molar-refractivity contribution in [2.45, 2.75) is 25.7 Å². The Kier molecular flexibility index (Phi) is 5.96. The average molecular weight is 300 g/mol. The van der Waals surface area contributed by atoms with Crippen molar-refractivity contribution in [2.75, 3.05) is 13.6 Å². The fraction of sp³-hybridized carbons (Fsp3) is 0.400. The van der Waals surface area contributed by atoms with Gasteiger partial charge in [0.1, 0.15) is 0 Å². The monoisotopic (exact) mass is 300 g/mol. The van der Waals surface area contributed by atoms with Crippen LogP contribution in [0.5, 0.6) is 0 Å². The molecule has 1 aromatic rings. The lowest BCUT2D eigenvalue weighted by Gasteiger charge is -2.25. The van der Waals surface area contributed by atoms with Crippen LogP contribution in [0.3, 0.4) is 0 Å². The van der Waals surface area contributed by atoms with Crippen LogP contribution in [0.2, 0.25) is 0 Å². The summed E-state index contributed by atoms with van der Waals surface area (Å²) in [7, 11) is 1.62. The summed E-state index contributed by atoms with van der Waals surface area (Å²) in [5.74, 6) is -0.248. The number of benzene rings is 1. The Labute approximate surface area is 122 Å². The van der Waals surface area contributed by atoms with Crippen molar-refractivity contribution in [3.8, 4) is 0 Å². The van der Waals surface area contributed by atoms with Crippen LogP contribution in [-0.4, -0.2) is 30.4 Å². The molecule has 6 heteroatoms. The number of rotatable bonds is 6. The van der Waals surface area contributed by atoms with Crippen LogP contribution >= 0.6 is 0 Å². The van der Waals surface area contributed by atoms with Crippen LogP contribution in [0.4, 0.5) is 13.2 Å². The van der Waals surface area contributed by atoms with Crippen molar-refractivity contribution < 1.29 is 18.0 Å². The molecule has 21 heavy (non-hydrogen) atoms. The summed E-state index contributed by atoms with van der Waals surface area (Å²) < 4.78 is 38.7. The number of likely N-dealkylation sites (N-methyl/N-ethyl adjacent to an activating group) is 1. The Morgan fingerprint density at radius 2 is 2.05 bits per heavy atom. The second-order valence-corrected chi connectivity index (χ2v) is 4.78. The number of amides is 1. The number of carbonyl (C=O) groups excluding carboxylic acids is 1. The van der Waals surface area contributed by atoms with Crippen molar-refractivity contribution in [3.05, 3.63) is 48.0 Å². The zero-order valence-electron chi connectivity index (χ0n) is 12.1. The summed E-state index contributed by atoms with van der Waals surface area (Å²) in [6.07, 6.45) is -2.85. The van der Waals surface area contributed by atoms with E-state index in [9.17, 15) is 18.0 Å². The molecule has 0 aromatic heterocycles. The van der Waals surface area contributed by atoms with Crippen molar-refractivity contribution >= 4 is 5.91 Å². The Hall–Kier alpha value is -1.82. The highest BCUT2D eigenvalue weighted by Gasteiger charge is 2.33. The summed E-state index contributed by atoms with van der Waals surface area (Å²) in [5, 5.41) is 2.62. The highest BCUT2D eigenvalue weighted by Crippen LogP contribution is 2.32. The van der Waals surface area contributed by atoms with Crippen molar-refractivity contribution in [1.82, 2.24) is 10.2 Å². The van der Waals surface area contributed by atoms with Gasteiger partial charge in [-0.3, -0.25) is 9.69 Å². The Bertz CT molecular complexity index is 500. The molecule has 1 N–H and O–H groups in total. The average Bonchev–Trinajstić information content (AvgIpc) is 2.43. The maximum Gasteiger partial charge on any atom is 0.416 e. The smallest absolute Gasteiger partial charge is 0.351 e. The Balaban J connectivity index is 2.81. The molecule has 0 aliphatic heterocycles. The maximum atomic E-state index is 12.9. The van der Waals surface area contributed by atoms with E-state index in [1.54, 1.807) is 31.0 Å². The van der Waals surface area contributed by atoms with Crippen molar-refractivity contribution in [3.63, 3.8) is 0 Å². The van der Waals surface area contributed by atoms with E-state index < -0.39 is 17.8 Å². The molecular formula is C15H19F3N2O. The van der Waals surface area contributed by atoms with E-state index in [1.165, 1.54) is 12.1 Å². The predicted molar refractivity (Wildman–Crippen MR) is 75.6 cm³/mol. The number of hydrogen-bond donors (Lipinski definition) is 1. The van der Waals surface area contributed by atoms with Gasteiger partial charge in [0.25, 0.3) is 0 Å². The van der Waals surface area contributed by atoms with Gasteiger partial charge in [-0.05, 0) is 25.6 Å². The summed E-state index contributed by atoms with van der Waals surface area (Å²) in [6.45, 7) is 5.51. The third-order valence-corrected chi connectivity index (χ3v) is 3.20. The van der Waals surface area contributed by atoms with E-state index in [-0.39, 0.29) is 18.0 Å². The van der Waals surface area contributed by atoms with Gasteiger partial charge in [0.15, 0.2) is 0 Å². The van der Waals surface area contributed by atoms with E-state index in [0.717, 1.165) is 6.07 Å². The highest BCUT2D eigenvalue weighted by atomic mass is 19.4. The second kappa shape index (κ2) is 7.26. The predicted octanol–water partition coefficient (Wildman–Crippen LogP) is 2.83. The minimum absolute atomic E-state index is 0.0400. The van der Waals surface area contributed by atoms with E-state index in [4.69, 9.17) is 0 Å². The van der Waals surface area contributed by atoms with Crippen LogP contribution in [0, 0.1) is 0 Å². The van der Waals surface area contributed by atoms with Crippen molar-refractivity contribution in [2.24, 2.45) is 0 Å². The van der Waals surface area contributed by atoms with E-state index in [0.29, 0.717) is 6.54 Å². The van der Waals surface area contributed by atoms with Gasteiger partial charge in [-0.15, -0.1) is 6.58 Å². The van der Waals surface area contributed by atoms with Gasteiger partial charge in [-0.1, -0.05) is 24.3 Å². The quantitative estimate of drug-likeness (QED) is 0.819. The fourth-order valence-corrected chi connectivity index (χ4v) is 1.86. The number of hydrogen-bond acceptors (Lipinski definition) is 2. The van der Waals surface area contributed by atoms with Crippen LogP contribution < -0.4 is 5.32 Å². The molecule has 0 radical (unpaired) electrons. The summed E-state index contributed by atoms with van der Waals surface area (Å²) in [6, 6.07) is 4.85. The molecule has 0 aliphatic rings. The minimum Gasteiger partial charge on any atom is -0.351 e. The molecule has 0 aliphatic carbocycles. The first-order valence-electron chi connectivity index (χ1n) is 6.51. The van der Waals surface area contributed by atoms with Crippen LogP contribution in [-0.2, 0) is 17.5 Å². The summed E-state index contributed by atoms with van der Waals surface area (Å²) in [5.41, 5.74) is -0.522. The lowest BCUT2D eigenvalue weighted by Crippen LogP contribution is -2.43. The van der Waals surface area contributed by atoms with Gasteiger partial charge < -0.3 is 5.32 Å². The molecule has 116 valence electrons. The topological polar surface area (TPSA) is 32.3 Å². The standard InChI is InChI=1S/C15H19F3N2O/c1-4-9-19-14(21)11(2)20(3)10-12-7-5-6-8-13(12)15(16,17)18/h4-8,11H,1,9-10H2,2-3H3,(H,19,21). The summed E-state index contributed by atoms with van der Waals surface area (Å²) in [4.78, 5) is 13.4. The largest absolute Gasteiger partial charge is 0.416 e. The van der Waals surface area contributed by atoms with Crippen LogP contribution in [0.25, 0.3) is 0 Å². The zero-order valence-corrected chi connectivity index (χ0v) is 12.1. The normalized spacial score (nSPS) is 13.0. The molecule has 0 spiro atoms. The number of alkyl halides is 3. The molecule has 1 atom stereocenters. The Morgan fingerprint density at radius 3 is 2.62 bits per heavy atom. The van der Waals surface area contributed by atoms with Gasteiger partial charge in [-0.25, -0.2) is 0 Å². The lowest BCUT2D eigenvalue weighted by molar-refractivity contribution is -0.138. The number of nitrogens with zero attached hydrogens (tertiary/aromatic N) is 1. The summed E-state index contributed by atoms with van der Waals surface area (Å²) >= 11 is 0. The Morgan fingerprint density at radius 1 is 1.43 bits per heavy atom. The van der Waals surface area contributed by atoms with Gasteiger partial charge >= 0.3 is 6.18 Å². The van der Waals surface area contributed by atoms with E-state index >= 15 is 0 Å². The van der Waals surface area contributed by atoms with Gasteiger partial charge in [0, 0.05) is 13.1 Å². The molecule has 0 bridgehead atoms. The van der Waals surface area contributed by atoms with Crippen molar-refractivity contribution in [1.29, 1.82) is 0 Å². The molecule has 3 nitrogen and oxygen atoms in total. The van der Waals surface area contributed by atoms with Gasteiger partial charge in [0.2, 0.25) is 5.91 Å². The number of halogens is 3. The third-order valence-electron chi connectivity index (χ3n) is 3.20. The van der Waals surface area contributed by atoms with Crippen LogP contribution in [0.15, 0.2) is 36.9 Å². The SMILES string of the molecule is C=CCNC(=O)C(C)N(C)Cc1ccccc1C(F)(F)F. The molecule has 0 saturated heterocycles. The van der Waals surface area contributed by atoms with E-state index in [2.05, 4.69) is 11.9 Å². The molecular weight excluding hydrogens is 281 g/mol. The number of nitrogens with one attached hydrogen (secondary N) is 1. The fourth-order valence-electron chi connectivity index (χ4n) is 1.86. The number of carbonyl (C=O) groups is 1. The molecule has 0 heterocycles. The van der Waals surface area contributed by atoms with E-state index in [1.807, 2.05) is 0 Å². The third kappa shape index (κ3) is 4.90. The zero-order chi connectivity index (χ0) is 16.0. The molecule has 0 fully saturated rings. The maximum absolute atomic E-state index is 12.9. The first kappa shape index (κ1) is 17.2. The van der Waals surface area contributed by atoms with Gasteiger partial charge in [0.05, 0.1) is 11.6 Å². The van der Waals surface area contributed by atoms with Gasteiger partial charge in [-0.2, -0.15) is 13.2 Å². The first-order valence-corrected chi connectivity index (χ1v) is 6.51. The molecule has 0 saturated carbocycles. The highest BCUT2D eigenvalue weighted by molar-refractivity contribution is 5.81. The molecule has 1 rings (SSSR count). The minimum atomic E-state index is -4.40. The lowest BCUT2D eigenvalue weighted by atomic mass is 10.1. The molecule has 1 aromatic carbocycles. The molecule has 1 unspecified atom stereocenters. The first-order chi connectivity index (χ1) is 9.77. The second-order valence-electron chi connectivity index (χ2n) is 4.78.